The van der Waals surface area contributed by atoms with Crippen LogP contribution in [0.3, 0.4) is 0 Å². The summed E-state index contributed by atoms with van der Waals surface area (Å²) in [6, 6.07) is 8.16. The number of benzene rings is 1. The van der Waals surface area contributed by atoms with E-state index < -0.39 is 0 Å². The second-order valence-electron chi connectivity index (χ2n) is 4.33. The van der Waals surface area contributed by atoms with Crippen LogP contribution in [-0.2, 0) is 0 Å². The van der Waals surface area contributed by atoms with Crippen LogP contribution in [0.4, 0.5) is 0 Å². The molecule has 0 bridgehead atoms. The molecule has 0 radical (unpaired) electrons. The standard InChI is InChI=1S/C14H19N3S/c1-3-8-15-9-11(2)18-14-12-6-4-5-7-13(12)16-10-17-14/h4-7,10-11,15H,3,8-9H2,1-2H3. The molecule has 0 saturated heterocycles. The van der Waals surface area contributed by atoms with Crippen molar-refractivity contribution in [2.75, 3.05) is 13.1 Å². The number of rotatable bonds is 6. The topological polar surface area (TPSA) is 37.8 Å². The average molecular weight is 261 g/mol. The second-order valence-corrected chi connectivity index (χ2v) is 5.76. The summed E-state index contributed by atoms with van der Waals surface area (Å²) in [5.74, 6) is 0. The van der Waals surface area contributed by atoms with Gasteiger partial charge in [0.25, 0.3) is 0 Å². The van der Waals surface area contributed by atoms with Gasteiger partial charge >= 0.3 is 0 Å². The number of fused-ring (bicyclic) bond motifs is 1. The highest BCUT2D eigenvalue weighted by Gasteiger charge is 2.08. The maximum atomic E-state index is 4.40. The molecular weight excluding hydrogens is 242 g/mol. The maximum Gasteiger partial charge on any atom is 0.117 e. The molecule has 0 saturated carbocycles. The van der Waals surface area contributed by atoms with E-state index >= 15 is 0 Å². The minimum atomic E-state index is 0.509. The second kappa shape index (κ2) is 6.71. The van der Waals surface area contributed by atoms with Gasteiger partial charge in [0.2, 0.25) is 0 Å². The molecule has 1 heterocycles. The number of nitrogens with one attached hydrogen (secondary N) is 1. The van der Waals surface area contributed by atoms with Crippen molar-refractivity contribution < 1.29 is 0 Å². The first-order valence-corrected chi connectivity index (χ1v) is 7.26. The Morgan fingerprint density at radius 2 is 2.11 bits per heavy atom. The van der Waals surface area contributed by atoms with Gasteiger partial charge in [0.05, 0.1) is 5.52 Å². The van der Waals surface area contributed by atoms with Gasteiger partial charge in [0.15, 0.2) is 0 Å². The van der Waals surface area contributed by atoms with E-state index in [0.29, 0.717) is 5.25 Å². The molecule has 1 N–H and O–H groups in total. The third kappa shape index (κ3) is 3.43. The molecule has 0 aliphatic carbocycles. The number of hydrogen-bond acceptors (Lipinski definition) is 4. The largest absolute Gasteiger partial charge is 0.316 e. The first kappa shape index (κ1) is 13.3. The van der Waals surface area contributed by atoms with Crippen LogP contribution in [0.15, 0.2) is 35.6 Å². The summed E-state index contributed by atoms with van der Waals surface area (Å²) in [5.41, 5.74) is 1.02. The van der Waals surface area contributed by atoms with Crippen molar-refractivity contribution in [3.05, 3.63) is 30.6 Å². The molecule has 2 aromatic rings. The van der Waals surface area contributed by atoms with Gasteiger partial charge in [0.1, 0.15) is 11.4 Å². The van der Waals surface area contributed by atoms with Crippen LogP contribution in [0.2, 0.25) is 0 Å². The third-order valence-corrected chi connectivity index (χ3v) is 3.80. The van der Waals surface area contributed by atoms with E-state index in [1.165, 1.54) is 6.42 Å². The van der Waals surface area contributed by atoms with Crippen molar-refractivity contribution in [3.8, 4) is 0 Å². The Morgan fingerprint density at radius 1 is 1.28 bits per heavy atom. The Bertz CT molecular complexity index is 496. The summed E-state index contributed by atoms with van der Waals surface area (Å²) >= 11 is 1.81. The molecule has 4 heteroatoms. The van der Waals surface area contributed by atoms with Crippen LogP contribution < -0.4 is 5.32 Å². The van der Waals surface area contributed by atoms with Crippen LogP contribution in [0.25, 0.3) is 10.9 Å². The SMILES string of the molecule is CCCNCC(C)Sc1ncnc2ccccc12. The van der Waals surface area contributed by atoms with E-state index in [1.807, 2.05) is 30.0 Å². The molecule has 1 atom stereocenters. The fourth-order valence-electron chi connectivity index (χ4n) is 1.79. The van der Waals surface area contributed by atoms with Gasteiger partial charge in [-0.2, -0.15) is 0 Å². The van der Waals surface area contributed by atoms with E-state index in [0.717, 1.165) is 29.0 Å². The van der Waals surface area contributed by atoms with Crippen LogP contribution in [-0.4, -0.2) is 28.3 Å². The number of para-hydroxylation sites is 1. The van der Waals surface area contributed by atoms with E-state index in [1.54, 1.807) is 6.33 Å². The minimum absolute atomic E-state index is 0.509. The van der Waals surface area contributed by atoms with Crippen LogP contribution in [0.1, 0.15) is 20.3 Å². The molecule has 2 rings (SSSR count). The van der Waals surface area contributed by atoms with E-state index in [-0.39, 0.29) is 0 Å². The monoisotopic (exact) mass is 261 g/mol. The molecule has 3 nitrogen and oxygen atoms in total. The quantitative estimate of drug-likeness (QED) is 0.492. The molecule has 1 aromatic carbocycles. The van der Waals surface area contributed by atoms with Crippen molar-refractivity contribution in [2.45, 2.75) is 30.5 Å². The summed E-state index contributed by atoms with van der Waals surface area (Å²) in [5, 5.41) is 6.17. The van der Waals surface area contributed by atoms with Crippen molar-refractivity contribution in [3.63, 3.8) is 0 Å². The summed E-state index contributed by atoms with van der Waals surface area (Å²) in [6.45, 7) is 6.50. The van der Waals surface area contributed by atoms with Gasteiger partial charge in [-0.05, 0) is 19.0 Å². The van der Waals surface area contributed by atoms with Crippen molar-refractivity contribution in [1.82, 2.24) is 15.3 Å². The summed E-state index contributed by atoms with van der Waals surface area (Å²) in [6.07, 6.45) is 2.82. The Labute approximate surface area is 112 Å². The highest BCUT2D eigenvalue weighted by Crippen LogP contribution is 2.27. The van der Waals surface area contributed by atoms with Crippen LogP contribution in [0, 0.1) is 0 Å². The Balaban J connectivity index is 2.07. The Hall–Kier alpha value is -1.13. The molecule has 0 spiro atoms. The first-order valence-electron chi connectivity index (χ1n) is 6.38. The lowest BCUT2D eigenvalue weighted by Gasteiger charge is -2.12. The highest BCUT2D eigenvalue weighted by molar-refractivity contribution is 8.00. The maximum absolute atomic E-state index is 4.40. The van der Waals surface area contributed by atoms with Crippen LogP contribution >= 0.6 is 11.8 Å². The molecule has 1 aromatic heterocycles. The summed E-state index contributed by atoms with van der Waals surface area (Å²) in [7, 11) is 0. The van der Waals surface area contributed by atoms with E-state index in [2.05, 4.69) is 35.2 Å². The van der Waals surface area contributed by atoms with E-state index in [9.17, 15) is 0 Å². The lowest BCUT2D eigenvalue weighted by molar-refractivity contribution is 0.669. The van der Waals surface area contributed by atoms with Crippen LogP contribution in [0.5, 0.6) is 0 Å². The van der Waals surface area contributed by atoms with Gasteiger partial charge in [-0.25, -0.2) is 9.97 Å². The average Bonchev–Trinajstić information content (AvgIpc) is 2.39. The summed E-state index contributed by atoms with van der Waals surface area (Å²) in [4.78, 5) is 8.68. The fraction of sp³-hybridized carbons (Fsp3) is 0.429. The van der Waals surface area contributed by atoms with Crippen molar-refractivity contribution in [1.29, 1.82) is 0 Å². The van der Waals surface area contributed by atoms with Gasteiger partial charge in [0, 0.05) is 17.2 Å². The van der Waals surface area contributed by atoms with Gasteiger partial charge < -0.3 is 5.32 Å². The lowest BCUT2D eigenvalue weighted by Crippen LogP contribution is -2.23. The highest BCUT2D eigenvalue weighted by atomic mass is 32.2. The fourth-order valence-corrected chi connectivity index (χ4v) is 2.78. The van der Waals surface area contributed by atoms with Gasteiger partial charge in [-0.3, -0.25) is 0 Å². The molecule has 96 valence electrons. The normalized spacial score (nSPS) is 12.8. The molecular formula is C14H19N3S. The Kier molecular flexibility index (Phi) is 4.96. The number of thioether (sulfide) groups is 1. The number of nitrogens with zero attached hydrogens (tertiary/aromatic N) is 2. The van der Waals surface area contributed by atoms with Crippen molar-refractivity contribution in [2.24, 2.45) is 0 Å². The zero-order valence-electron chi connectivity index (χ0n) is 10.9. The molecule has 1 unspecified atom stereocenters. The smallest absolute Gasteiger partial charge is 0.117 e. The van der Waals surface area contributed by atoms with Crippen molar-refractivity contribution >= 4 is 22.7 Å². The van der Waals surface area contributed by atoms with Gasteiger partial charge in [-0.15, -0.1) is 11.8 Å². The predicted octanol–water partition coefficient (Wildman–Crippen LogP) is 3.11. The Morgan fingerprint density at radius 3 is 2.94 bits per heavy atom. The minimum Gasteiger partial charge on any atom is -0.316 e. The predicted molar refractivity (Wildman–Crippen MR) is 78.0 cm³/mol. The molecule has 0 aliphatic heterocycles. The molecule has 0 fully saturated rings. The van der Waals surface area contributed by atoms with Gasteiger partial charge in [-0.1, -0.05) is 32.0 Å². The van der Waals surface area contributed by atoms with E-state index in [4.69, 9.17) is 0 Å². The zero-order chi connectivity index (χ0) is 12.8. The number of aromatic nitrogens is 2. The third-order valence-electron chi connectivity index (χ3n) is 2.68. The molecule has 18 heavy (non-hydrogen) atoms. The summed E-state index contributed by atoms with van der Waals surface area (Å²) < 4.78 is 0. The lowest BCUT2D eigenvalue weighted by atomic mass is 10.2. The molecule has 0 aliphatic rings. The zero-order valence-corrected chi connectivity index (χ0v) is 11.7. The molecule has 0 amide bonds. The number of hydrogen-bond donors (Lipinski definition) is 1. The first-order chi connectivity index (χ1) is 8.81.